The molecule has 1 amide bonds. The van der Waals surface area contributed by atoms with Gasteiger partial charge in [0, 0.05) is 23.4 Å². The molecular weight excluding hydrogens is 300 g/mol. The second-order valence-electron chi connectivity index (χ2n) is 4.49. The highest BCUT2D eigenvalue weighted by molar-refractivity contribution is 9.10. The summed E-state index contributed by atoms with van der Waals surface area (Å²) in [6.07, 6.45) is 4.24. The number of hydrogen-bond acceptors (Lipinski definition) is 3. The lowest BCUT2D eigenvalue weighted by Gasteiger charge is -2.31. The van der Waals surface area contributed by atoms with E-state index in [1.165, 1.54) is 17.3 Å². The minimum absolute atomic E-state index is 0.272. The van der Waals surface area contributed by atoms with Crippen LogP contribution in [0.5, 0.6) is 0 Å². The largest absolute Gasteiger partial charge is 0.480 e. The van der Waals surface area contributed by atoms with Gasteiger partial charge in [-0.2, -0.15) is 0 Å². The molecule has 1 fully saturated rings. The SMILES string of the molecule is CC1(C(=O)O)CCCN1C(=O)c1ccncc1Br. The zero-order valence-corrected chi connectivity index (χ0v) is 11.5. The average molecular weight is 313 g/mol. The summed E-state index contributed by atoms with van der Waals surface area (Å²) in [4.78, 5) is 29.0. The summed E-state index contributed by atoms with van der Waals surface area (Å²) in [6.45, 7) is 2.06. The number of rotatable bonds is 2. The molecule has 96 valence electrons. The van der Waals surface area contributed by atoms with Gasteiger partial charge in [0.15, 0.2) is 0 Å². The van der Waals surface area contributed by atoms with Gasteiger partial charge in [-0.15, -0.1) is 0 Å². The molecule has 1 aliphatic rings. The van der Waals surface area contributed by atoms with Crippen molar-refractivity contribution in [3.05, 3.63) is 28.5 Å². The molecule has 2 heterocycles. The lowest BCUT2D eigenvalue weighted by Crippen LogP contribution is -2.50. The first kappa shape index (κ1) is 13.0. The first-order chi connectivity index (χ1) is 8.47. The molecule has 1 aliphatic heterocycles. The molecule has 1 atom stereocenters. The van der Waals surface area contributed by atoms with E-state index < -0.39 is 11.5 Å². The van der Waals surface area contributed by atoms with E-state index in [9.17, 15) is 14.7 Å². The maximum Gasteiger partial charge on any atom is 0.329 e. The number of aromatic nitrogens is 1. The van der Waals surface area contributed by atoms with E-state index in [1.54, 1.807) is 13.0 Å². The minimum atomic E-state index is -1.11. The Hall–Kier alpha value is -1.43. The predicted molar refractivity (Wildman–Crippen MR) is 68.2 cm³/mol. The number of hydrogen-bond donors (Lipinski definition) is 1. The van der Waals surface area contributed by atoms with Crippen LogP contribution in [0.3, 0.4) is 0 Å². The third kappa shape index (κ3) is 2.01. The molecule has 2 rings (SSSR count). The van der Waals surface area contributed by atoms with Crippen molar-refractivity contribution in [3.8, 4) is 0 Å². The Labute approximate surface area is 113 Å². The smallest absolute Gasteiger partial charge is 0.329 e. The van der Waals surface area contributed by atoms with Crippen molar-refractivity contribution in [2.24, 2.45) is 0 Å². The van der Waals surface area contributed by atoms with Crippen LogP contribution in [0.2, 0.25) is 0 Å². The Morgan fingerprint density at radius 1 is 1.56 bits per heavy atom. The van der Waals surface area contributed by atoms with Gasteiger partial charge in [-0.3, -0.25) is 9.78 Å². The molecule has 1 aromatic rings. The van der Waals surface area contributed by atoms with Gasteiger partial charge in [0.2, 0.25) is 0 Å². The fourth-order valence-electron chi connectivity index (χ4n) is 2.21. The number of nitrogens with zero attached hydrogens (tertiary/aromatic N) is 2. The Balaban J connectivity index is 2.35. The number of carboxylic acids is 1. The highest BCUT2D eigenvalue weighted by Crippen LogP contribution is 2.31. The van der Waals surface area contributed by atoms with Crippen molar-refractivity contribution in [1.82, 2.24) is 9.88 Å². The third-order valence-corrected chi connectivity index (χ3v) is 3.98. The number of aliphatic carboxylic acids is 1. The first-order valence-corrected chi connectivity index (χ1v) is 6.41. The first-order valence-electron chi connectivity index (χ1n) is 5.61. The maximum atomic E-state index is 12.4. The molecule has 1 aromatic heterocycles. The predicted octanol–water partition coefficient (Wildman–Crippen LogP) is 1.92. The molecule has 6 heteroatoms. The molecule has 5 nitrogen and oxygen atoms in total. The third-order valence-electron chi connectivity index (χ3n) is 3.35. The summed E-state index contributed by atoms with van der Waals surface area (Å²) in [7, 11) is 0. The lowest BCUT2D eigenvalue weighted by atomic mass is 9.98. The Kier molecular flexibility index (Phi) is 3.38. The fourth-order valence-corrected chi connectivity index (χ4v) is 2.63. The number of pyridine rings is 1. The van der Waals surface area contributed by atoms with Crippen molar-refractivity contribution >= 4 is 27.8 Å². The van der Waals surface area contributed by atoms with Crippen LogP contribution in [-0.2, 0) is 4.79 Å². The number of carbonyl (C=O) groups excluding carboxylic acids is 1. The monoisotopic (exact) mass is 312 g/mol. The summed E-state index contributed by atoms with van der Waals surface area (Å²) in [5.41, 5.74) is -0.667. The van der Waals surface area contributed by atoms with Crippen molar-refractivity contribution in [3.63, 3.8) is 0 Å². The molecule has 1 N–H and O–H groups in total. The quantitative estimate of drug-likeness (QED) is 0.905. The van der Waals surface area contributed by atoms with Gasteiger partial charge in [0.25, 0.3) is 5.91 Å². The van der Waals surface area contributed by atoms with Crippen LogP contribution in [0.15, 0.2) is 22.9 Å². The lowest BCUT2D eigenvalue weighted by molar-refractivity contribution is -0.147. The average Bonchev–Trinajstić information content (AvgIpc) is 2.72. The number of halogens is 1. The van der Waals surface area contributed by atoms with E-state index in [-0.39, 0.29) is 5.91 Å². The van der Waals surface area contributed by atoms with E-state index in [4.69, 9.17) is 0 Å². The highest BCUT2D eigenvalue weighted by atomic mass is 79.9. The van der Waals surface area contributed by atoms with Gasteiger partial charge in [0.1, 0.15) is 5.54 Å². The summed E-state index contributed by atoms with van der Waals surface area (Å²) in [5.74, 6) is -1.23. The molecule has 18 heavy (non-hydrogen) atoms. The molecule has 0 aromatic carbocycles. The molecule has 0 aliphatic carbocycles. The zero-order valence-electron chi connectivity index (χ0n) is 9.89. The van der Waals surface area contributed by atoms with E-state index in [0.29, 0.717) is 29.4 Å². The van der Waals surface area contributed by atoms with Crippen molar-refractivity contribution < 1.29 is 14.7 Å². The summed E-state index contributed by atoms with van der Waals surface area (Å²) >= 11 is 3.26. The summed E-state index contributed by atoms with van der Waals surface area (Å²) in [6, 6.07) is 1.59. The molecule has 0 saturated carbocycles. The molecule has 0 radical (unpaired) electrons. The molecule has 0 spiro atoms. The van der Waals surface area contributed by atoms with Crippen LogP contribution in [0, 0.1) is 0 Å². The van der Waals surface area contributed by atoms with E-state index in [0.717, 1.165) is 0 Å². The second kappa shape index (κ2) is 4.68. The number of carboxylic acid groups (broad SMARTS) is 1. The Morgan fingerprint density at radius 2 is 2.28 bits per heavy atom. The molecule has 1 unspecified atom stereocenters. The van der Waals surface area contributed by atoms with Gasteiger partial charge < -0.3 is 10.0 Å². The second-order valence-corrected chi connectivity index (χ2v) is 5.35. The van der Waals surface area contributed by atoms with Crippen molar-refractivity contribution in [2.45, 2.75) is 25.3 Å². The number of carbonyl (C=O) groups is 2. The van der Waals surface area contributed by atoms with Gasteiger partial charge >= 0.3 is 5.97 Å². The Bertz CT molecular complexity index is 506. The van der Waals surface area contributed by atoms with Gasteiger partial charge in [0.05, 0.1) is 5.56 Å². The molecular formula is C12H13BrN2O3. The van der Waals surface area contributed by atoms with Crippen LogP contribution in [0.25, 0.3) is 0 Å². The van der Waals surface area contributed by atoms with Crippen LogP contribution in [-0.4, -0.2) is 39.0 Å². The van der Waals surface area contributed by atoms with E-state index in [1.807, 2.05) is 0 Å². The number of likely N-dealkylation sites (tertiary alicyclic amines) is 1. The summed E-state index contributed by atoms with van der Waals surface area (Å²) in [5, 5.41) is 9.29. The number of amides is 1. The van der Waals surface area contributed by atoms with Gasteiger partial charge in [-0.05, 0) is 41.8 Å². The summed E-state index contributed by atoms with van der Waals surface area (Å²) < 4.78 is 0.578. The van der Waals surface area contributed by atoms with Gasteiger partial charge in [-0.25, -0.2) is 4.79 Å². The van der Waals surface area contributed by atoms with Crippen LogP contribution in [0.1, 0.15) is 30.1 Å². The fraction of sp³-hybridized carbons (Fsp3) is 0.417. The standard InChI is InChI=1S/C12H13BrN2O3/c1-12(11(17)18)4-2-6-15(12)10(16)8-3-5-14-7-9(8)13/h3,5,7H,2,4,6H2,1H3,(H,17,18). The van der Waals surface area contributed by atoms with E-state index >= 15 is 0 Å². The van der Waals surface area contributed by atoms with E-state index in [2.05, 4.69) is 20.9 Å². The Morgan fingerprint density at radius 3 is 2.89 bits per heavy atom. The van der Waals surface area contributed by atoms with Crippen LogP contribution in [0.4, 0.5) is 0 Å². The van der Waals surface area contributed by atoms with Gasteiger partial charge in [-0.1, -0.05) is 0 Å². The van der Waals surface area contributed by atoms with Crippen LogP contribution < -0.4 is 0 Å². The molecule has 0 bridgehead atoms. The van der Waals surface area contributed by atoms with Crippen molar-refractivity contribution in [1.29, 1.82) is 0 Å². The van der Waals surface area contributed by atoms with Crippen molar-refractivity contribution in [2.75, 3.05) is 6.54 Å². The highest BCUT2D eigenvalue weighted by Gasteiger charge is 2.46. The molecule has 1 saturated heterocycles. The topological polar surface area (TPSA) is 70.5 Å². The normalized spacial score (nSPS) is 23.1. The zero-order chi connectivity index (χ0) is 13.3. The maximum absolute atomic E-state index is 12.4. The minimum Gasteiger partial charge on any atom is -0.480 e. The van der Waals surface area contributed by atoms with Crippen LogP contribution >= 0.6 is 15.9 Å².